The Morgan fingerprint density at radius 2 is 1.56 bits per heavy atom. The molecule has 25 heavy (non-hydrogen) atoms. The molecule has 0 fully saturated rings. The first-order chi connectivity index (χ1) is 12.0. The highest BCUT2D eigenvalue weighted by Gasteiger charge is 2.08. The van der Waals surface area contributed by atoms with Crippen LogP contribution in [0.5, 0.6) is 0 Å². The fraction of sp³-hybridized carbons (Fsp3) is 0.100. The fourth-order valence-electron chi connectivity index (χ4n) is 2.58. The molecule has 0 aliphatic rings. The van der Waals surface area contributed by atoms with Crippen LogP contribution in [0, 0.1) is 19.7 Å². The summed E-state index contributed by atoms with van der Waals surface area (Å²) in [5.41, 5.74) is 4.72. The van der Waals surface area contributed by atoms with Gasteiger partial charge in [0.2, 0.25) is 0 Å². The molecule has 3 rings (SSSR count). The lowest BCUT2D eigenvalue weighted by Gasteiger charge is -2.10. The number of amides is 1. The van der Waals surface area contributed by atoms with Gasteiger partial charge in [0.25, 0.3) is 5.91 Å². The lowest BCUT2D eigenvalue weighted by molar-refractivity contribution is 0.102. The molecule has 0 atom stereocenters. The number of nitrogens with one attached hydrogen (secondary N) is 2. The Bertz CT molecular complexity index is 887. The Labute approximate surface area is 145 Å². The number of benzene rings is 2. The lowest BCUT2D eigenvalue weighted by Crippen LogP contribution is -2.12. The zero-order chi connectivity index (χ0) is 17.8. The van der Waals surface area contributed by atoms with E-state index in [4.69, 9.17) is 0 Å². The molecule has 0 saturated carbocycles. The van der Waals surface area contributed by atoms with Gasteiger partial charge in [-0.3, -0.25) is 9.78 Å². The average Bonchev–Trinajstić information content (AvgIpc) is 2.56. The van der Waals surface area contributed by atoms with Gasteiger partial charge in [-0.2, -0.15) is 0 Å². The van der Waals surface area contributed by atoms with E-state index in [0.717, 1.165) is 22.5 Å². The zero-order valence-electron chi connectivity index (χ0n) is 14.0. The van der Waals surface area contributed by atoms with E-state index < -0.39 is 0 Å². The Morgan fingerprint density at radius 1 is 0.880 bits per heavy atom. The van der Waals surface area contributed by atoms with Gasteiger partial charge in [0.05, 0.1) is 17.4 Å². The highest BCUT2D eigenvalue weighted by molar-refractivity contribution is 6.04. The number of pyridine rings is 1. The van der Waals surface area contributed by atoms with Crippen molar-refractivity contribution in [1.82, 2.24) is 4.98 Å². The molecule has 0 spiro atoms. The topological polar surface area (TPSA) is 54.0 Å². The smallest absolute Gasteiger partial charge is 0.257 e. The number of aromatic nitrogens is 1. The minimum atomic E-state index is -0.301. The van der Waals surface area contributed by atoms with E-state index in [1.54, 1.807) is 24.4 Å². The third-order valence-corrected chi connectivity index (χ3v) is 3.61. The number of aryl methyl sites for hydroxylation is 2. The molecule has 1 aromatic heterocycles. The maximum atomic E-state index is 13.0. The van der Waals surface area contributed by atoms with Crippen LogP contribution in [0.4, 0.5) is 21.5 Å². The average molecular weight is 335 g/mol. The molecule has 0 unspecified atom stereocenters. The first-order valence-electron chi connectivity index (χ1n) is 7.87. The first kappa shape index (κ1) is 16.6. The summed E-state index contributed by atoms with van der Waals surface area (Å²) >= 11 is 0. The Morgan fingerprint density at radius 3 is 2.24 bits per heavy atom. The highest BCUT2D eigenvalue weighted by Crippen LogP contribution is 2.19. The third-order valence-electron chi connectivity index (χ3n) is 3.61. The Kier molecular flexibility index (Phi) is 4.75. The van der Waals surface area contributed by atoms with E-state index in [2.05, 4.69) is 15.6 Å². The molecule has 2 aromatic carbocycles. The minimum Gasteiger partial charge on any atom is -0.354 e. The summed E-state index contributed by atoms with van der Waals surface area (Å²) in [5.74, 6) is -0.537. The second-order valence-corrected chi connectivity index (χ2v) is 5.92. The molecule has 0 aliphatic heterocycles. The van der Waals surface area contributed by atoms with E-state index >= 15 is 0 Å². The third kappa shape index (κ3) is 4.41. The minimum absolute atomic E-state index is 0.236. The van der Waals surface area contributed by atoms with E-state index in [-0.39, 0.29) is 11.7 Å². The van der Waals surface area contributed by atoms with Crippen LogP contribution in [0.15, 0.2) is 60.9 Å². The van der Waals surface area contributed by atoms with Crippen LogP contribution < -0.4 is 10.6 Å². The quantitative estimate of drug-likeness (QED) is 0.718. The zero-order valence-corrected chi connectivity index (χ0v) is 14.0. The molecular formula is C20H18FN3O. The van der Waals surface area contributed by atoms with Crippen LogP contribution >= 0.6 is 0 Å². The summed E-state index contributed by atoms with van der Waals surface area (Å²) < 4.78 is 13.0. The maximum absolute atomic E-state index is 13.0. The maximum Gasteiger partial charge on any atom is 0.257 e. The van der Waals surface area contributed by atoms with Crippen LogP contribution in [0.2, 0.25) is 0 Å². The molecule has 0 bridgehead atoms. The predicted octanol–water partition coefficient (Wildman–Crippen LogP) is 4.83. The summed E-state index contributed by atoms with van der Waals surface area (Å²) in [7, 11) is 0. The molecule has 2 N–H and O–H groups in total. The van der Waals surface area contributed by atoms with Crippen molar-refractivity contribution in [1.29, 1.82) is 0 Å². The monoisotopic (exact) mass is 335 g/mol. The molecule has 4 nitrogen and oxygen atoms in total. The summed E-state index contributed by atoms with van der Waals surface area (Å²) in [5, 5.41) is 5.98. The van der Waals surface area contributed by atoms with Crippen molar-refractivity contribution in [3.05, 3.63) is 83.4 Å². The van der Waals surface area contributed by atoms with Gasteiger partial charge in [0, 0.05) is 17.6 Å². The van der Waals surface area contributed by atoms with Gasteiger partial charge in [0.1, 0.15) is 5.82 Å². The number of rotatable bonds is 4. The van der Waals surface area contributed by atoms with Crippen molar-refractivity contribution in [2.45, 2.75) is 13.8 Å². The largest absolute Gasteiger partial charge is 0.354 e. The van der Waals surface area contributed by atoms with Gasteiger partial charge in [-0.1, -0.05) is 6.07 Å². The van der Waals surface area contributed by atoms with Crippen molar-refractivity contribution >= 4 is 23.0 Å². The standard InChI is InChI=1S/C20H18FN3O/c1-13-7-14(2)9-18(8-13)24-20(25)15-10-19(12-22-11-15)23-17-5-3-16(21)4-6-17/h3-12,23H,1-2H3,(H,24,25). The van der Waals surface area contributed by atoms with Crippen LogP contribution in [0.1, 0.15) is 21.5 Å². The molecule has 0 aliphatic carbocycles. The molecule has 1 heterocycles. The number of hydrogen-bond acceptors (Lipinski definition) is 3. The van der Waals surface area contributed by atoms with Crippen molar-refractivity contribution < 1.29 is 9.18 Å². The number of carbonyl (C=O) groups excluding carboxylic acids is 1. The summed E-state index contributed by atoms with van der Waals surface area (Å²) in [4.78, 5) is 16.6. The Balaban J connectivity index is 1.76. The van der Waals surface area contributed by atoms with Crippen molar-refractivity contribution in [3.8, 4) is 0 Å². The number of anilines is 3. The Hall–Kier alpha value is -3.21. The van der Waals surface area contributed by atoms with Gasteiger partial charge < -0.3 is 10.6 Å². The van der Waals surface area contributed by atoms with Crippen molar-refractivity contribution in [2.24, 2.45) is 0 Å². The van der Waals surface area contributed by atoms with Gasteiger partial charge >= 0.3 is 0 Å². The fourth-order valence-corrected chi connectivity index (χ4v) is 2.58. The number of carbonyl (C=O) groups is 1. The molecule has 126 valence electrons. The number of halogens is 1. The molecule has 5 heteroatoms. The van der Waals surface area contributed by atoms with Gasteiger partial charge in [-0.25, -0.2) is 4.39 Å². The first-order valence-corrected chi connectivity index (χ1v) is 7.87. The second-order valence-electron chi connectivity index (χ2n) is 5.92. The lowest BCUT2D eigenvalue weighted by atomic mass is 10.1. The van der Waals surface area contributed by atoms with E-state index in [0.29, 0.717) is 11.3 Å². The highest BCUT2D eigenvalue weighted by atomic mass is 19.1. The van der Waals surface area contributed by atoms with Gasteiger partial charge in [-0.05, 0) is 67.4 Å². The van der Waals surface area contributed by atoms with Crippen molar-refractivity contribution in [2.75, 3.05) is 10.6 Å². The van der Waals surface area contributed by atoms with E-state index in [1.165, 1.54) is 18.3 Å². The van der Waals surface area contributed by atoms with Crippen LogP contribution in [0.25, 0.3) is 0 Å². The van der Waals surface area contributed by atoms with Gasteiger partial charge in [-0.15, -0.1) is 0 Å². The summed E-state index contributed by atoms with van der Waals surface area (Å²) in [6.45, 7) is 3.97. The summed E-state index contributed by atoms with van der Waals surface area (Å²) in [6, 6.07) is 13.6. The molecule has 0 radical (unpaired) electrons. The SMILES string of the molecule is Cc1cc(C)cc(NC(=O)c2cncc(Nc3ccc(F)cc3)c2)c1. The molecule has 3 aromatic rings. The number of nitrogens with zero attached hydrogens (tertiary/aromatic N) is 1. The van der Waals surface area contributed by atoms with E-state index in [9.17, 15) is 9.18 Å². The van der Waals surface area contributed by atoms with E-state index in [1.807, 2.05) is 32.0 Å². The summed E-state index contributed by atoms with van der Waals surface area (Å²) in [6.07, 6.45) is 3.12. The van der Waals surface area contributed by atoms with Crippen molar-refractivity contribution in [3.63, 3.8) is 0 Å². The van der Waals surface area contributed by atoms with Crippen LogP contribution in [-0.4, -0.2) is 10.9 Å². The molecule has 1 amide bonds. The van der Waals surface area contributed by atoms with Gasteiger partial charge in [0.15, 0.2) is 0 Å². The molecule has 0 saturated heterocycles. The predicted molar refractivity (Wildman–Crippen MR) is 97.8 cm³/mol. The normalized spacial score (nSPS) is 10.4. The molecular weight excluding hydrogens is 317 g/mol. The second kappa shape index (κ2) is 7.13. The van der Waals surface area contributed by atoms with Crippen LogP contribution in [0.3, 0.4) is 0 Å². The number of hydrogen-bond donors (Lipinski definition) is 2. The van der Waals surface area contributed by atoms with Crippen LogP contribution in [-0.2, 0) is 0 Å².